The number of nitrogens with zero attached hydrogens (tertiary/aromatic N) is 1. The normalized spacial score (nSPS) is 14.3. The summed E-state index contributed by atoms with van der Waals surface area (Å²) >= 11 is 0. The smallest absolute Gasteiger partial charge is 0.325 e. The van der Waals surface area contributed by atoms with Crippen LogP contribution in [0.15, 0.2) is 42.2 Å². The van der Waals surface area contributed by atoms with Crippen LogP contribution in [0.2, 0.25) is 0 Å². The van der Waals surface area contributed by atoms with Crippen molar-refractivity contribution < 1.29 is 28.6 Å². The van der Waals surface area contributed by atoms with Crippen molar-refractivity contribution >= 4 is 29.6 Å². The van der Waals surface area contributed by atoms with Gasteiger partial charge in [-0.2, -0.15) is 0 Å². The summed E-state index contributed by atoms with van der Waals surface area (Å²) in [5, 5.41) is 0. The Hall–Kier alpha value is -3.61. The van der Waals surface area contributed by atoms with E-state index in [0.717, 1.165) is 11.1 Å². The van der Waals surface area contributed by atoms with Gasteiger partial charge in [0.15, 0.2) is 11.5 Å². The summed E-state index contributed by atoms with van der Waals surface area (Å²) in [6.07, 6.45) is 1.60. The number of hydrogen-bond donors (Lipinski definition) is 0. The minimum Gasteiger partial charge on any atom is -0.468 e. The summed E-state index contributed by atoms with van der Waals surface area (Å²) in [6.45, 7) is 4.75. The molecule has 0 fully saturated rings. The van der Waals surface area contributed by atoms with E-state index < -0.39 is 17.8 Å². The summed E-state index contributed by atoms with van der Waals surface area (Å²) in [6, 6.07) is 10.6. The number of fused-ring (bicyclic) bond motifs is 1. The van der Waals surface area contributed by atoms with Crippen molar-refractivity contribution in [2.24, 2.45) is 0 Å². The van der Waals surface area contributed by atoms with Gasteiger partial charge in [-0.3, -0.25) is 19.3 Å². The second-order valence-electron chi connectivity index (χ2n) is 6.62. The number of ether oxygens (including phenoxy) is 3. The zero-order valence-electron chi connectivity index (χ0n) is 16.6. The van der Waals surface area contributed by atoms with E-state index in [4.69, 9.17) is 14.2 Å². The molecule has 0 saturated heterocycles. The van der Waals surface area contributed by atoms with Crippen LogP contribution in [0.1, 0.15) is 23.6 Å². The number of methoxy groups -OCH3 is 1. The largest absolute Gasteiger partial charge is 0.468 e. The SMILES string of the molecule is COC(=O)CN1C(=O)C(=Cc2cc(C)c(OC(C)=O)c(C)c2)Oc2ccccc21. The van der Waals surface area contributed by atoms with Gasteiger partial charge in [-0.05, 0) is 60.9 Å². The van der Waals surface area contributed by atoms with Gasteiger partial charge in [-0.1, -0.05) is 12.1 Å². The van der Waals surface area contributed by atoms with Crippen LogP contribution in [-0.4, -0.2) is 31.5 Å². The minimum atomic E-state index is -0.535. The second kappa shape index (κ2) is 8.18. The lowest BCUT2D eigenvalue weighted by Crippen LogP contribution is -2.41. The molecule has 1 heterocycles. The molecule has 1 aliphatic heterocycles. The Kier molecular flexibility index (Phi) is 5.68. The first-order valence-electron chi connectivity index (χ1n) is 8.97. The van der Waals surface area contributed by atoms with Gasteiger partial charge in [0.25, 0.3) is 5.91 Å². The van der Waals surface area contributed by atoms with Crippen molar-refractivity contribution in [1.29, 1.82) is 0 Å². The average Bonchev–Trinajstić information content (AvgIpc) is 2.67. The van der Waals surface area contributed by atoms with Crippen LogP contribution in [-0.2, 0) is 19.1 Å². The monoisotopic (exact) mass is 395 g/mol. The van der Waals surface area contributed by atoms with Crippen LogP contribution in [0.5, 0.6) is 11.5 Å². The summed E-state index contributed by atoms with van der Waals surface area (Å²) < 4.78 is 15.8. The summed E-state index contributed by atoms with van der Waals surface area (Å²) in [5.41, 5.74) is 2.71. The van der Waals surface area contributed by atoms with E-state index in [-0.39, 0.29) is 12.3 Å². The van der Waals surface area contributed by atoms with E-state index in [1.807, 2.05) is 13.8 Å². The molecule has 150 valence electrons. The summed E-state index contributed by atoms with van der Waals surface area (Å²) in [7, 11) is 1.27. The number of aryl methyl sites for hydroxylation is 2. The van der Waals surface area contributed by atoms with E-state index >= 15 is 0 Å². The summed E-state index contributed by atoms with van der Waals surface area (Å²) in [4.78, 5) is 37.4. The number of esters is 2. The van der Waals surface area contributed by atoms with Gasteiger partial charge in [-0.15, -0.1) is 0 Å². The van der Waals surface area contributed by atoms with Crippen molar-refractivity contribution in [3.05, 3.63) is 58.8 Å². The van der Waals surface area contributed by atoms with Crippen molar-refractivity contribution in [3.63, 3.8) is 0 Å². The fourth-order valence-corrected chi connectivity index (χ4v) is 3.14. The van der Waals surface area contributed by atoms with Crippen LogP contribution in [0.4, 0.5) is 5.69 Å². The zero-order valence-corrected chi connectivity index (χ0v) is 16.6. The maximum atomic E-state index is 13.0. The zero-order chi connectivity index (χ0) is 21.1. The molecule has 2 aromatic rings. The van der Waals surface area contributed by atoms with E-state index in [9.17, 15) is 14.4 Å². The molecule has 1 aliphatic rings. The first kappa shape index (κ1) is 20.1. The first-order chi connectivity index (χ1) is 13.8. The minimum absolute atomic E-state index is 0.0756. The molecule has 7 nitrogen and oxygen atoms in total. The first-order valence-corrected chi connectivity index (χ1v) is 8.97. The Labute approximate surface area is 168 Å². The Morgan fingerprint density at radius 3 is 2.41 bits per heavy atom. The highest BCUT2D eigenvalue weighted by molar-refractivity contribution is 6.11. The molecule has 2 aromatic carbocycles. The topological polar surface area (TPSA) is 82.1 Å². The molecule has 0 aromatic heterocycles. The number of benzene rings is 2. The highest BCUT2D eigenvalue weighted by Gasteiger charge is 2.31. The molecule has 7 heteroatoms. The number of carbonyl (C=O) groups excluding carboxylic acids is 3. The lowest BCUT2D eigenvalue weighted by Gasteiger charge is -2.29. The van der Waals surface area contributed by atoms with Gasteiger partial charge in [0.2, 0.25) is 0 Å². The Morgan fingerprint density at radius 1 is 1.14 bits per heavy atom. The second-order valence-corrected chi connectivity index (χ2v) is 6.62. The Bertz CT molecular complexity index is 1000. The van der Waals surface area contributed by atoms with E-state index in [0.29, 0.717) is 22.7 Å². The summed E-state index contributed by atoms with van der Waals surface area (Å²) in [5.74, 6) is -0.351. The van der Waals surface area contributed by atoms with E-state index in [1.165, 1.54) is 18.9 Å². The van der Waals surface area contributed by atoms with Crippen molar-refractivity contribution in [1.82, 2.24) is 0 Å². The van der Waals surface area contributed by atoms with E-state index in [1.54, 1.807) is 42.5 Å². The highest BCUT2D eigenvalue weighted by Crippen LogP contribution is 2.36. The Balaban J connectivity index is 2.00. The molecule has 1 amide bonds. The quantitative estimate of drug-likeness (QED) is 0.449. The van der Waals surface area contributed by atoms with Crippen molar-refractivity contribution in [2.75, 3.05) is 18.6 Å². The van der Waals surface area contributed by atoms with Gasteiger partial charge in [0.05, 0.1) is 12.8 Å². The van der Waals surface area contributed by atoms with Crippen LogP contribution in [0.25, 0.3) is 6.08 Å². The van der Waals surface area contributed by atoms with Crippen LogP contribution < -0.4 is 14.4 Å². The predicted molar refractivity (Wildman–Crippen MR) is 107 cm³/mol. The molecule has 0 N–H and O–H groups in total. The maximum absolute atomic E-state index is 13.0. The van der Waals surface area contributed by atoms with Crippen LogP contribution >= 0.6 is 0 Å². The van der Waals surface area contributed by atoms with Gasteiger partial charge in [0, 0.05) is 6.92 Å². The van der Waals surface area contributed by atoms with E-state index in [2.05, 4.69) is 0 Å². The van der Waals surface area contributed by atoms with Gasteiger partial charge < -0.3 is 14.2 Å². The molecule has 3 rings (SSSR count). The molecular weight excluding hydrogens is 374 g/mol. The predicted octanol–water partition coefficient (Wildman–Crippen LogP) is 3.17. The number of amides is 1. The number of para-hydroxylation sites is 2. The lowest BCUT2D eigenvalue weighted by molar-refractivity contribution is -0.140. The van der Waals surface area contributed by atoms with Gasteiger partial charge >= 0.3 is 11.9 Å². The number of anilines is 1. The number of rotatable bonds is 4. The standard InChI is InChI=1S/C22H21NO6/c1-13-9-16(10-14(2)21(13)28-15(3)24)11-19-22(26)23(12-20(25)27-4)17-7-5-6-8-18(17)29-19/h5-11H,12H2,1-4H3. The molecule has 0 radical (unpaired) electrons. The third-order valence-corrected chi connectivity index (χ3v) is 4.37. The third-order valence-electron chi connectivity index (χ3n) is 4.37. The fraction of sp³-hybridized carbons (Fsp3) is 0.227. The Morgan fingerprint density at radius 2 is 1.79 bits per heavy atom. The third kappa shape index (κ3) is 4.29. The van der Waals surface area contributed by atoms with Crippen LogP contribution in [0, 0.1) is 13.8 Å². The van der Waals surface area contributed by atoms with Crippen molar-refractivity contribution in [3.8, 4) is 11.5 Å². The van der Waals surface area contributed by atoms with Gasteiger partial charge in [0.1, 0.15) is 12.3 Å². The molecule has 0 atom stereocenters. The molecule has 0 aliphatic carbocycles. The number of hydrogen-bond acceptors (Lipinski definition) is 6. The maximum Gasteiger partial charge on any atom is 0.325 e. The lowest BCUT2D eigenvalue weighted by atomic mass is 10.0. The fourth-order valence-electron chi connectivity index (χ4n) is 3.14. The van der Waals surface area contributed by atoms with Gasteiger partial charge in [-0.25, -0.2) is 0 Å². The molecule has 0 bridgehead atoms. The molecule has 0 unspecified atom stereocenters. The number of carbonyl (C=O) groups is 3. The molecule has 0 spiro atoms. The van der Waals surface area contributed by atoms with Crippen molar-refractivity contribution in [2.45, 2.75) is 20.8 Å². The average molecular weight is 395 g/mol. The molecule has 29 heavy (non-hydrogen) atoms. The highest BCUT2D eigenvalue weighted by atomic mass is 16.5. The van der Waals surface area contributed by atoms with Crippen LogP contribution in [0.3, 0.4) is 0 Å². The molecule has 0 saturated carbocycles. The molecular formula is C22H21NO6.